The lowest BCUT2D eigenvalue weighted by atomic mass is 9.82. The molecule has 0 radical (unpaired) electrons. The number of carbonyl (C=O) groups excluding carboxylic acids is 1. The minimum Gasteiger partial charge on any atom is -0.493 e. The molecule has 0 bridgehead atoms. The molecule has 8 heteroatoms. The molecule has 5 nitrogen and oxygen atoms in total. The van der Waals surface area contributed by atoms with Crippen LogP contribution in [0.25, 0.3) is 11.1 Å². The van der Waals surface area contributed by atoms with Crippen LogP contribution in [0.3, 0.4) is 0 Å². The molecule has 1 unspecified atom stereocenters. The number of ether oxygens (including phenoxy) is 4. The zero-order valence-electron chi connectivity index (χ0n) is 24.3. The van der Waals surface area contributed by atoms with E-state index in [1.54, 1.807) is 0 Å². The number of hydrogen-bond donors (Lipinski definition) is 0. The summed E-state index contributed by atoms with van der Waals surface area (Å²) in [5, 5.41) is 0. The standard InChI is InChI=1S/C34H37F3O5/c1-21-13-29(41-18-23-7-9-27(10-8-23)34(35,36)37)14-22(2)33(21)25-6-4-5-24(15-25)19-40-28-11-12-30-26(16-32(38)39-3)20-42-31(30)17-28/h4-6,11-15,17,23,26-27H,7-10,16,18-20H2,1-3H3. The molecule has 2 aliphatic rings. The van der Waals surface area contributed by atoms with Gasteiger partial charge in [-0.1, -0.05) is 24.3 Å². The average molecular weight is 583 g/mol. The number of benzene rings is 3. The van der Waals surface area contributed by atoms with Crippen molar-refractivity contribution in [3.63, 3.8) is 0 Å². The van der Waals surface area contributed by atoms with Gasteiger partial charge in [0.25, 0.3) is 0 Å². The van der Waals surface area contributed by atoms with Crippen molar-refractivity contribution in [2.75, 3.05) is 20.3 Å². The Kier molecular flexibility index (Phi) is 8.99. The molecule has 5 rings (SSSR count). The van der Waals surface area contributed by atoms with Gasteiger partial charge in [-0.25, -0.2) is 0 Å². The monoisotopic (exact) mass is 582 g/mol. The van der Waals surface area contributed by atoms with E-state index in [-0.39, 0.29) is 37.1 Å². The van der Waals surface area contributed by atoms with Gasteiger partial charge in [0.05, 0.1) is 32.7 Å². The summed E-state index contributed by atoms with van der Waals surface area (Å²) >= 11 is 0. The van der Waals surface area contributed by atoms with Crippen LogP contribution in [0.1, 0.15) is 60.3 Å². The Hall–Kier alpha value is -3.68. The Labute approximate surface area is 244 Å². The van der Waals surface area contributed by atoms with Gasteiger partial charge in [0.1, 0.15) is 23.9 Å². The molecule has 1 aliphatic carbocycles. The van der Waals surface area contributed by atoms with Gasteiger partial charge in [0.15, 0.2) is 0 Å². The van der Waals surface area contributed by atoms with E-state index < -0.39 is 12.1 Å². The van der Waals surface area contributed by atoms with E-state index in [1.807, 2.05) is 56.3 Å². The van der Waals surface area contributed by atoms with Crippen molar-refractivity contribution in [1.82, 2.24) is 0 Å². The van der Waals surface area contributed by atoms with Crippen molar-refractivity contribution in [2.45, 2.75) is 64.7 Å². The second-order valence-corrected chi connectivity index (χ2v) is 11.5. The molecule has 1 atom stereocenters. The molecular formula is C34H37F3O5. The number of aryl methyl sites for hydroxylation is 2. The number of hydrogen-bond acceptors (Lipinski definition) is 5. The highest BCUT2D eigenvalue weighted by molar-refractivity contribution is 5.72. The summed E-state index contributed by atoms with van der Waals surface area (Å²) in [7, 11) is 1.39. The zero-order valence-corrected chi connectivity index (χ0v) is 24.3. The van der Waals surface area contributed by atoms with Gasteiger partial charge in [-0.2, -0.15) is 13.2 Å². The molecular weight excluding hydrogens is 545 g/mol. The molecule has 0 amide bonds. The third kappa shape index (κ3) is 7.02. The summed E-state index contributed by atoms with van der Waals surface area (Å²) < 4.78 is 61.6. The molecule has 1 aliphatic heterocycles. The summed E-state index contributed by atoms with van der Waals surface area (Å²) in [6, 6.07) is 17.9. The summed E-state index contributed by atoms with van der Waals surface area (Å²) in [5.74, 6) is 0.886. The zero-order chi connectivity index (χ0) is 29.9. The van der Waals surface area contributed by atoms with Crippen LogP contribution in [-0.2, 0) is 16.1 Å². The largest absolute Gasteiger partial charge is 0.493 e. The lowest BCUT2D eigenvalue weighted by Crippen LogP contribution is -2.29. The van der Waals surface area contributed by atoms with E-state index in [0.717, 1.165) is 44.9 Å². The van der Waals surface area contributed by atoms with Gasteiger partial charge in [-0.05, 0) is 97.5 Å². The number of carbonyl (C=O) groups is 1. The lowest BCUT2D eigenvalue weighted by Gasteiger charge is -2.29. The van der Waals surface area contributed by atoms with Crippen LogP contribution >= 0.6 is 0 Å². The Morgan fingerprint density at radius 2 is 1.67 bits per heavy atom. The summed E-state index contributed by atoms with van der Waals surface area (Å²) in [4.78, 5) is 11.7. The fourth-order valence-corrected chi connectivity index (χ4v) is 6.12. The summed E-state index contributed by atoms with van der Waals surface area (Å²) in [6.45, 7) is 5.36. The van der Waals surface area contributed by atoms with Crippen molar-refractivity contribution in [1.29, 1.82) is 0 Å². The Balaban J connectivity index is 1.19. The number of methoxy groups -OCH3 is 1. The minimum atomic E-state index is -4.09. The van der Waals surface area contributed by atoms with Crippen LogP contribution in [-0.4, -0.2) is 32.5 Å². The fraction of sp³-hybridized carbons (Fsp3) is 0.441. The van der Waals surface area contributed by atoms with Crippen LogP contribution in [0.2, 0.25) is 0 Å². The molecule has 3 aromatic carbocycles. The minimum absolute atomic E-state index is 0.0141. The van der Waals surface area contributed by atoms with E-state index in [9.17, 15) is 18.0 Å². The predicted octanol–water partition coefficient (Wildman–Crippen LogP) is 8.34. The third-order valence-electron chi connectivity index (χ3n) is 8.43. The lowest BCUT2D eigenvalue weighted by molar-refractivity contribution is -0.184. The SMILES string of the molecule is COC(=O)CC1COc2cc(OCc3cccc(-c4c(C)cc(OCC5CCC(C(F)(F)F)CC5)cc4C)c3)ccc21. The van der Waals surface area contributed by atoms with Crippen LogP contribution in [0.5, 0.6) is 17.2 Å². The number of halogens is 3. The molecule has 1 saturated carbocycles. The maximum atomic E-state index is 13.0. The third-order valence-corrected chi connectivity index (χ3v) is 8.43. The van der Waals surface area contributed by atoms with Crippen molar-refractivity contribution < 1.29 is 36.9 Å². The number of fused-ring (bicyclic) bond motifs is 1. The van der Waals surface area contributed by atoms with E-state index >= 15 is 0 Å². The molecule has 0 saturated heterocycles. The predicted molar refractivity (Wildman–Crippen MR) is 154 cm³/mol. The van der Waals surface area contributed by atoms with Gasteiger partial charge in [0, 0.05) is 17.5 Å². The summed E-state index contributed by atoms with van der Waals surface area (Å²) in [5.41, 5.74) is 6.35. The van der Waals surface area contributed by atoms with Gasteiger partial charge in [0.2, 0.25) is 0 Å². The Morgan fingerprint density at radius 1 is 0.929 bits per heavy atom. The van der Waals surface area contributed by atoms with Crippen LogP contribution < -0.4 is 14.2 Å². The van der Waals surface area contributed by atoms with Crippen LogP contribution in [0, 0.1) is 25.7 Å². The second-order valence-electron chi connectivity index (χ2n) is 11.5. The van der Waals surface area contributed by atoms with Crippen molar-refractivity contribution in [3.8, 4) is 28.4 Å². The normalized spacial score (nSPS) is 20.0. The molecule has 1 heterocycles. The molecule has 1 fully saturated rings. The highest BCUT2D eigenvalue weighted by Gasteiger charge is 2.41. The summed E-state index contributed by atoms with van der Waals surface area (Å²) in [6.07, 6.45) is -2.34. The Bertz CT molecular complexity index is 1390. The van der Waals surface area contributed by atoms with Crippen molar-refractivity contribution in [3.05, 3.63) is 76.9 Å². The van der Waals surface area contributed by atoms with Crippen LogP contribution in [0.4, 0.5) is 13.2 Å². The first-order chi connectivity index (χ1) is 20.1. The first kappa shape index (κ1) is 29.8. The fourth-order valence-electron chi connectivity index (χ4n) is 6.12. The van der Waals surface area contributed by atoms with E-state index in [0.29, 0.717) is 38.4 Å². The first-order valence-electron chi connectivity index (χ1n) is 14.5. The van der Waals surface area contributed by atoms with E-state index in [1.165, 1.54) is 7.11 Å². The van der Waals surface area contributed by atoms with Gasteiger partial charge in [-0.15, -0.1) is 0 Å². The van der Waals surface area contributed by atoms with Gasteiger partial charge >= 0.3 is 12.1 Å². The highest BCUT2D eigenvalue weighted by Crippen LogP contribution is 2.41. The van der Waals surface area contributed by atoms with E-state index in [4.69, 9.17) is 18.9 Å². The molecule has 42 heavy (non-hydrogen) atoms. The first-order valence-corrected chi connectivity index (χ1v) is 14.5. The molecule has 0 N–H and O–H groups in total. The molecule has 3 aromatic rings. The number of alkyl halides is 3. The smallest absolute Gasteiger partial charge is 0.391 e. The Morgan fingerprint density at radius 3 is 2.36 bits per heavy atom. The van der Waals surface area contributed by atoms with Crippen molar-refractivity contribution >= 4 is 5.97 Å². The molecule has 0 aromatic heterocycles. The molecule has 224 valence electrons. The number of rotatable bonds is 9. The second kappa shape index (κ2) is 12.7. The van der Waals surface area contributed by atoms with Gasteiger partial charge in [-0.3, -0.25) is 4.79 Å². The van der Waals surface area contributed by atoms with Crippen molar-refractivity contribution in [2.24, 2.45) is 11.8 Å². The van der Waals surface area contributed by atoms with Gasteiger partial charge < -0.3 is 18.9 Å². The quantitative estimate of drug-likeness (QED) is 0.238. The average Bonchev–Trinajstić information content (AvgIpc) is 3.36. The maximum Gasteiger partial charge on any atom is 0.391 e. The van der Waals surface area contributed by atoms with E-state index in [2.05, 4.69) is 12.1 Å². The topological polar surface area (TPSA) is 54.0 Å². The van der Waals surface area contributed by atoms with Crippen LogP contribution in [0.15, 0.2) is 54.6 Å². The maximum absolute atomic E-state index is 13.0. The number of esters is 1. The highest BCUT2D eigenvalue weighted by atomic mass is 19.4. The molecule has 0 spiro atoms.